The van der Waals surface area contributed by atoms with Gasteiger partial charge in [-0.05, 0) is 44.9 Å². The van der Waals surface area contributed by atoms with Gasteiger partial charge in [0, 0.05) is 12.8 Å². The van der Waals surface area contributed by atoms with E-state index in [4.69, 9.17) is 9.47 Å². The predicted molar refractivity (Wildman–Crippen MR) is 196 cm³/mol. The summed E-state index contributed by atoms with van der Waals surface area (Å²) in [6.07, 6.45) is 44.9. The molecule has 0 aliphatic rings. The molecule has 0 spiro atoms. The Bertz CT molecular complexity index is 741. The lowest BCUT2D eigenvalue weighted by Crippen LogP contribution is -2.28. The minimum absolute atomic E-state index is 0.0723. The number of unbranched alkanes of at least 4 members (excludes halogenated alkanes) is 21. The van der Waals surface area contributed by atoms with Gasteiger partial charge in [-0.2, -0.15) is 0 Å². The first-order valence-corrected chi connectivity index (χ1v) is 19.5. The van der Waals surface area contributed by atoms with Crippen LogP contribution >= 0.6 is 0 Å². The number of allylic oxidation sites excluding steroid dienone is 6. The Morgan fingerprint density at radius 1 is 0.522 bits per heavy atom. The van der Waals surface area contributed by atoms with Gasteiger partial charge in [0.15, 0.2) is 6.10 Å². The lowest BCUT2D eigenvalue weighted by atomic mass is 10.0. The van der Waals surface area contributed by atoms with E-state index in [1.807, 2.05) is 0 Å². The smallest absolute Gasteiger partial charge is 0.306 e. The second-order valence-corrected chi connectivity index (χ2v) is 13.0. The van der Waals surface area contributed by atoms with Crippen molar-refractivity contribution in [3.05, 3.63) is 36.5 Å². The Labute approximate surface area is 285 Å². The summed E-state index contributed by atoms with van der Waals surface area (Å²) in [6, 6.07) is 0. The van der Waals surface area contributed by atoms with Crippen LogP contribution < -0.4 is 0 Å². The molecular formula is C41H74O5. The van der Waals surface area contributed by atoms with E-state index in [9.17, 15) is 14.7 Å². The van der Waals surface area contributed by atoms with Crippen LogP contribution in [0.15, 0.2) is 36.5 Å². The van der Waals surface area contributed by atoms with Gasteiger partial charge in [0.1, 0.15) is 6.61 Å². The third kappa shape index (κ3) is 35.0. The second kappa shape index (κ2) is 37.6. The molecule has 0 aliphatic carbocycles. The molecular weight excluding hydrogens is 572 g/mol. The molecule has 5 heteroatoms. The van der Waals surface area contributed by atoms with Crippen molar-refractivity contribution in [3.8, 4) is 0 Å². The van der Waals surface area contributed by atoms with Crippen molar-refractivity contribution in [1.29, 1.82) is 0 Å². The molecule has 1 atom stereocenters. The Balaban J connectivity index is 3.55. The van der Waals surface area contributed by atoms with Gasteiger partial charge in [-0.25, -0.2) is 0 Å². The number of hydrogen-bond acceptors (Lipinski definition) is 5. The molecule has 0 saturated heterocycles. The normalized spacial score (nSPS) is 12.5. The third-order valence-electron chi connectivity index (χ3n) is 8.45. The molecule has 0 aliphatic heterocycles. The summed E-state index contributed by atoms with van der Waals surface area (Å²) < 4.78 is 10.6. The lowest BCUT2D eigenvalue weighted by Gasteiger charge is -2.15. The van der Waals surface area contributed by atoms with Crippen LogP contribution in [0.25, 0.3) is 0 Å². The molecule has 0 aromatic carbocycles. The molecule has 0 amide bonds. The van der Waals surface area contributed by atoms with Gasteiger partial charge in [-0.3, -0.25) is 9.59 Å². The largest absolute Gasteiger partial charge is 0.462 e. The molecule has 0 aromatic rings. The number of esters is 2. The van der Waals surface area contributed by atoms with Crippen LogP contribution in [0.1, 0.15) is 194 Å². The van der Waals surface area contributed by atoms with E-state index in [0.717, 1.165) is 64.2 Å². The minimum atomic E-state index is -0.774. The zero-order valence-electron chi connectivity index (χ0n) is 30.3. The first kappa shape index (κ1) is 44.1. The van der Waals surface area contributed by atoms with Crippen molar-refractivity contribution < 1.29 is 24.2 Å². The van der Waals surface area contributed by atoms with E-state index in [0.29, 0.717) is 12.8 Å². The van der Waals surface area contributed by atoms with Crippen molar-refractivity contribution in [2.75, 3.05) is 13.2 Å². The van der Waals surface area contributed by atoms with Gasteiger partial charge in [-0.1, -0.05) is 172 Å². The van der Waals surface area contributed by atoms with Crippen LogP contribution in [0.5, 0.6) is 0 Å². The molecule has 46 heavy (non-hydrogen) atoms. The minimum Gasteiger partial charge on any atom is -0.462 e. The molecule has 0 bridgehead atoms. The van der Waals surface area contributed by atoms with Crippen molar-refractivity contribution in [2.45, 2.75) is 200 Å². The van der Waals surface area contributed by atoms with E-state index in [1.165, 1.54) is 103 Å². The molecule has 0 fully saturated rings. The van der Waals surface area contributed by atoms with Gasteiger partial charge >= 0.3 is 11.9 Å². The highest BCUT2D eigenvalue weighted by Gasteiger charge is 2.16. The number of rotatable bonds is 35. The van der Waals surface area contributed by atoms with Crippen LogP contribution in [0, 0.1) is 0 Å². The number of carbonyl (C=O) groups excluding carboxylic acids is 2. The van der Waals surface area contributed by atoms with Gasteiger partial charge in [-0.15, -0.1) is 0 Å². The lowest BCUT2D eigenvalue weighted by molar-refractivity contribution is -0.161. The summed E-state index contributed by atoms with van der Waals surface area (Å²) in [4.78, 5) is 24.2. The van der Waals surface area contributed by atoms with Crippen molar-refractivity contribution in [1.82, 2.24) is 0 Å². The van der Waals surface area contributed by atoms with Crippen LogP contribution in [0.3, 0.4) is 0 Å². The fourth-order valence-electron chi connectivity index (χ4n) is 5.51. The maximum Gasteiger partial charge on any atom is 0.306 e. The topological polar surface area (TPSA) is 72.8 Å². The van der Waals surface area contributed by atoms with Gasteiger partial charge in [0.05, 0.1) is 6.61 Å². The number of aliphatic hydroxyl groups is 1. The second-order valence-electron chi connectivity index (χ2n) is 13.0. The Kier molecular flexibility index (Phi) is 36.0. The number of aliphatic hydroxyl groups excluding tert-OH is 1. The van der Waals surface area contributed by atoms with Gasteiger partial charge < -0.3 is 14.6 Å². The first-order chi connectivity index (χ1) is 22.6. The fraction of sp³-hybridized carbons (Fsp3) is 0.805. The molecule has 0 rings (SSSR count). The fourth-order valence-corrected chi connectivity index (χ4v) is 5.51. The summed E-state index contributed by atoms with van der Waals surface area (Å²) in [5.74, 6) is -0.606. The van der Waals surface area contributed by atoms with E-state index in [-0.39, 0.29) is 25.2 Å². The summed E-state index contributed by atoms with van der Waals surface area (Å²) in [5.41, 5.74) is 0. The highest BCUT2D eigenvalue weighted by atomic mass is 16.6. The standard InChI is InChI=1S/C41H74O5/c1-3-5-7-9-11-13-15-17-19-20-22-24-26-28-30-32-34-36-41(44)46-39(37-42)38-45-40(43)35-33-31-29-27-25-23-21-18-16-14-12-10-8-6-4-2/h6,8,12,14,18,21,39,42H,3-5,7,9-11,13,15-17,19-20,22-38H2,1-2H3/t39-/m0/s1. The monoisotopic (exact) mass is 647 g/mol. The predicted octanol–water partition coefficient (Wildman–Crippen LogP) is 12.1. The maximum atomic E-state index is 12.2. The van der Waals surface area contributed by atoms with Crippen LogP contribution in [0.2, 0.25) is 0 Å². The third-order valence-corrected chi connectivity index (χ3v) is 8.45. The average molecular weight is 647 g/mol. The molecule has 0 unspecified atom stereocenters. The van der Waals surface area contributed by atoms with E-state index in [2.05, 4.69) is 50.3 Å². The van der Waals surface area contributed by atoms with Crippen LogP contribution in [0.4, 0.5) is 0 Å². The maximum absolute atomic E-state index is 12.2. The first-order valence-electron chi connectivity index (χ1n) is 19.5. The molecule has 0 heterocycles. The van der Waals surface area contributed by atoms with Gasteiger partial charge in [0.25, 0.3) is 0 Å². The Morgan fingerprint density at radius 2 is 0.935 bits per heavy atom. The number of ether oxygens (including phenoxy) is 2. The van der Waals surface area contributed by atoms with Crippen LogP contribution in [-0.2, 0) is 19.1 Å². The SMILES string of the molecule is CCC=CCC=CCC=CCCCCCCCC(=O)OC[C@H](CO)OC(=O)CCCCCCCCCCCCCCCCCCC. The molecule has 5 nitrogen and oxygen atoms in total. The highest BCUT2D eigenvalue weighted by Crippen LogP contribution is 2.15. The number of carbonyl (C=O) groups is 2. The van der Waals surface area contributed by atoms with E-state index in [1.54, 1.807) is 0 Å². The van der Waals surface area contributed by atoms with E-state index < -0.39 is 6.10 Å². The summed E-state index contributed by atoms with van der Waals surface area (Å²) >= 11 is 0. The molecule has 1 N–H and O–H groups in total. The quantitative estimate of drug-likeness (QED) is 0.0421. The zero-order valence-corrected chi connectivity index (χ0v) is 30.3. The summed E-state index contributed by atoms with van der Waals surface area (Å²) in [5, 5.41) is 9.55. The molecule has 0 aromatic heterocycles. The van der Waals surface area contributed by atoms with Crippen molar-refractivity contribution in [2.24, 2.45) is 0 Å². The summed E-state index contributed by atoms with van der Waals surface area (Å²) in [7, 11) is 0. The highest BCUT2D eigenvalue weighted by molar-refractivity contribution is 5.70. The van der Waals surface area contributed by atoms with Gasteiger partial charge in [0.2, 0.25) is 0 Å². The molecule has 268 valence electrons. The van der Waals surface area contributed by atoms with E-state index >= 15 is 0 Å². The van der Waals surface area contributed by atoms with Crippen LogP contribution in [-0.4, -0.2) is 36.4 Å². The van der Waals surface area contributed by atoms with Crippen molar-refractivity contribution in [3.63, 3.8) is 0 Å². The molecule has 0 radical (unpaired) electrons. The Hall–Kier alpha value is -1.88. The van der Waals surface area contributed by atoms with Crippen molar-refractivity contribution >= 4 is 11.9 Å². The summed E-state index contributed by atoms with van der Waals surface area (Å²) in [6.45, 7) is 4.02. The zero-order chi connectivity index (χ0) is 33.6. The average Bonchev–Trinajstić information content (AvgIpc) is 3.06. The Morgan fingerprint density at radius 3 is 1.41 bits per heavy atom. The number of hydrogen-bond donors (Lipinski definition) is 1. The molecule has 0 saturated carbocycles.